The second-order valence-corrected chi connectivity index (χ2v) is 11.8. The molecule has 8 nitrogen and oxygen atoms in total. The highest BCUT2D eigenvalue weighted by Crippen LogP contribution is 2.43. The third-order valence-electron chi connectivity index (χ3n) is 6.84. The van der Waals surface area contributed by atoms with Crippen molar-refractivity contribution >= 4 is 5.78 Å². The van der Waals surface area contributed by atoms with Crippen LogP contribution in [-0.4, -0.2) is 75.7 Å². The molecular formula is C25H45N5O3. The summed E-state index contributed by atoms with van der Waals surface area (Å²) in [6, 6.07) is 0.464. The molecule has 0 spiro atoms. The average molecular weight is 464 g/mol. The number of fused-ring (bicyclic) bond motifs is 1. The first kappa shape index (κ1) is 26.3. The fourth-order valence-corrected chi connectivity index (χ4v) is 4.85. The molecule has 8 heteroatoms. The molecule has 1 aromatic rings. The molecule has 1 N–H and O–H groups in total. The maximum Gasteiger partial charge on any atom is 0.139 e. The van der Waals surface area contributed by atoms with Crippen LogP contribution in [0.3, 0.4) is 0 Å². The summed E-state index contributed by atoms with van der Waals surface area (Å²) in [4.78, 5) is 14.6. The Morgan fingerprint density at radius 3 is 2.73 bits per heavy atom. The second kappa shape index (κ2) is 10.9. The van der Waals surface area contributed by atoms with Crippen molar-refractivity contribution in [2.24, 2.45) is 5.41 Å². The Kier molecular flexibility index (Phi) is 8.70. The van der Waals surface area contributed by atoms with Crippen LogP contribution in [0.5, 0.6) is 0 Å². The first-order chi connectivity index (χ1) is 15.5. The Balaban J connectivity index is 1.34. The van der Waals surface area contributed by atoms with Gasteiger partial charge in [0.25, 0.3) is 0 Å². The molecule has 33 heavy (non-hydrogen) atoms. The SMILES string of the molecule is CC(C)(C)OC[C@]12CCCN1[C@@H](COCc1cn(CCNCCC(=O)C(C)(C)C)nn1)CC2. The van der Waals surface area contributed by atoms with Crippen molar-refractivity contribution in [2.45, 2.75) is 104 Å². The summed E-state index contributed by atoms with van der Waals surface area (Å²) >= 11 is 0. The van der Waals surface area contributed by atoms with Crippen molar-refractivity contribution in [3.8, 4) is 0 Å². The van der Waals surface area contributed by atoms with E-state index in [-0.39, 0.29) is 22.3 Å². The zero-order valence-corrected chi connectivity index (χ0v) is 21.7. The van der Waals surface area contributed by atoms with E-state index in [4.69, 9.17) is 9.47 Å². The van der Waals surface area contributed by atoms with E-state index in [0.29, 0.717) is 25.6 Å². The van der Waals surface area contributed by atoms with Crippen LogP contribution < -0.4 is 5.32 Å². The van der Waals surface area contributed by atoms with Crippen molar-refractivity contribution in [3.05, 3.63) is 11.9 Å². The van der Waals surface area contributed by atoms with Crippen LogP contribution in [0, 0.1) is 5.41 Å². The van der Waals surface area contributed by atoms with Crippen molar-refractivity contribution in [3.63, 3.8) is 0 Å². The molecule has 2 aliphatic heterocycles. The minimum atomic E-state index is -0.266. The number of hydrogen-bond donors (Lipinski definition) is 1. The van der Waals surface area contributed by atoms with E-state index in [0.717, 1.165) is 38.5 Å². The molecule has 0 unspecified atom stereocenters. The van der Waals surface area contributed by atoms with Gasteiger partial charge in [0, 0.05) is 36.5 Å². The lowest BCUT2D eigenvalue weighted by Gasteiger charge is -2.37. The molecule has 188 valence electrons. The van der Waals surface area contributed by atoms with E-state index in [9.17, 15) is 4.79 Å². The molecular weight excluding hydrogens is 418 g/mol. The normalized spacial score (nSPS) is 23.9. The number of nitrogens with one attached hydrogen (secondary N) is 1. The summed E-state index contributed by atoms with van der Waals surface area (Å²) in [5.41, 5.74) is 0.703. The second-order valence-electron chi connectivity index (χ2n) is 11.8. The van der Waals surface area contributed by atoms with Crippen LogP contribution in [0.25, 0.3) is 0 Å². The number of carbonyl (C=O) groups excluding carboxylic acids is 1. The Morgan fingerprint density at radius 2 is 2.00 bits per heavy atom. The van der Waals surface area contributed by atoms with Gasteiger partial charge in [-0.1, -0.05) is 26.0 Å². The summed E-state index contributed by atoms with van der Waals surface area (Å²) in [7, 11) is 0. The first-order valence-electron chi connectivity index (χ1n) is 12.6. The molecule has 0 aliphatic carbocycles. The molecule has 0 bridgehead atoms. The molecule has 0 amide bonds. The maximum atomic E-state index is 12.0. The van der Waals surface area contributed by atoms with E-state index in [1.54, 1.807) is 0 Å². The lowest BCUT2D eigenvalue weighted by Crippen LogP contribution is -2.48. The number of rotatable bonds is 12. The minimum Gasteiger partial charge on any atom is -0.374 e. The molecule has 3 rings (SSSR count). The first-order valence-corrected chi connectivity index (χ1v) is 12.6. The zero-order chi connectivity index (χ0) is 24.1. The monoisotopic (exact) mass is 463 g/mol. The quantitative estimate of drug-likeness (QED) is 0.477. The Labute approximate surface area is 199 Å². The smallest absolute Gasteiger partial charge is 0.139 e. The summed E-state index contributed by atoms with van der Waals surface area (Å²) in [6.45, 7) is 17.7. The Bertz CT molecular complexity index is 767. The van der Waals surface area contributed by atoms with Crippen molar-refractivity contribution in [1.29, 1.82) is 0 Å². The molecule has 2 aliphatic rings. The summed E-state index contributed by atoms with van der Waals surface area (Å²) in [5.74, 6) is 0.283. The van der Waals surface area contributed by atoms with E-state index < -0.39 is 0 Å². The maximum absolute atomic E-state index is 12.0. The van der Waals surface area contributed by atoms with Crippen LogP contribution in [-0.2, 0) is 27.4 Å². The van der Waals surface area contributed by atoms with Gasteiger partial charge in [-0.2, -0.15) is 0 Å². The predicted molar refractivity (Wildman–Crippen MR) is 129 cm³/mol. The molecule has 0 saturated carbocycles. The Hall–Kier alpha value is -1.35. The molecule has 2 fully saturated rings. The third kappa shape index (κ3) is 7.57. The van der Waals surface area contributed by atoms with E-state index in [2.05, 4.69) is 41.3 Å². The van der Waals surface area contributed by atoms with Gasteiger partial charge in [0.2, 0.25) is 0 Å². The standard InChI is InChI=1S/C25H45N5O3/c1-23(2,3)22(31)9-12-26-13-15-29-16-20(27-28-29)17-32-18-21-8-11-25(10-7-14-30(21)25)19-33-24(4,5)6/h16,21,26H,7-15,17-19H2,1-6H3/t21-,25-/m1/s1. The van der Waals surface area contributed by atoms with Crippen LogP contribution >= 0.6 is 0 Å². The highest BCUT2D eigenvalue weighted by atomic mass is 16.5. The largest absolute Gasteiger partial charge is 0.374 e. The summed E-state index contributed by atoms with van der Waals surface area (Å²) in [5, 5.41) is 11.8. The molecule has 0 aromatic carbocycles. The average Bonchev–Trinajstić information content (AvgIpc) is 3.41. The number of Topliss-reactive ketones (excluding diaryl/α,β-unsaturated/α-hetero) is 1. The minimum absolute atomic E-state index is 0.0945. The predicted octanol–water partition coefficient (Wildman–Crippen LogP) is 3.20. The fourth-order valence-electron chi connectivity index (χ4n) is 4.85. The molecule has 2 atom stereocenters. The van der Waals surface area contributed by atoms with Gasteiger partial charge in [0.05, 0.1) is 38.2 Å². The Morgan fingerprint density at radius 1 is 1.21 bits per heavy atom. The van der Waals surface area contributed by atoms with E-state index >= 15 is 0 Å². The van der Waals surface area contributed by atoms with Crippen LogP contribution in [0.15, 0.2) is 6.20 Å². The summed E-state index contributed by atoms with van der Waals surface area (Å²) < 4.78 is 14.1. The fraction of sp³-hybridized carbons (Fsp3) is 0.880. The highest BCUT2D eigenvalue weighted by Gasteiger charge is 2.49. The van der Waals surface area contributed by atoms with Gasteiger partial charge < -0.3 is 14.8 Å². The van der Waals surface area contributed by atoms with Crippen molar-refractivity contribution < 1.29 is 14.3 Å². The van der Waals surface area contributed by atoms with E-state index in [1.165, 1.54) is 25.7 Å². The number of ketones is 1. The van der Waals surface area contributed by atoms with Gasteiger partial charge in [-0.05, 0) is 53.0 Å². The molecule has 3 heterocycles. The molecule has 2 saturated heterocycles. The van der Waals surface area contributed by atoms with Gasteiger partial charge in [-0.25, -0.2) is 0 Å². The number of aromatic nitrogens is 3. The third-order valence-corrected chi connectivity index (χ3v) is 6.84. The molecule has 0 radical (unpaired) electrons. The van der Waals surface area contributed by atoms with Gasteiger partial charge in [0.1, 0.15) is 11.5 Å². The number of ether oxygens (including phenoxy) is 2. The van der Waals surface area contributed by atoms with Crippen LogP contribution in [0.2, 0.25) is 0 Å². The highest BCUT2D eigenvalue weighted by molar-refractivity contribution is 5.83. The van der Waals surface area contributed by atoms with Crippen molar-refractivity contribution in [1.82, 2.24) is 25.2 Å². The summed E-state index contributed by atoms with van der Waals surface area (Å²) in [6.07, 6.45) is 7.35. The lowest BCUT2D eigenvalue weighted by atomic mass is 9.89. The molecule has 1 aromatic heterocycles. The van der Waals surface area contributed by atoms with Gasteiger partial charge in [-0.15, -0.1) is 5.10 Å². The van der Waals surface area contributed by atoms with Gasteiger partial charge in [0.15, 0.2) is 0 Å². The number of nitrogens with zero attached hydrogens (tertiary/aromatic N) is 4. The van der Waals surface area contributed by atoms with Crippen LogP contribution in [0.4, 0.5) is 0 Å². The zero-order valence-electron chi connectivity index (χ0n) is 21.7. The lowest BCUT2D eigenvalue weighted by molar-refractivity contribution is -0.126. The van der Waals surface area contributed by atoms with E-state index in [1.807, 2.05) is 31.6 Å². The van der Waals surface area contributed by atoms with Gasteiger partial charge in [-0.3, -0.25) is 14.4 Å². The van der Waals surface area contributed by atoms with Crippen LogP contribution in [0.1, 0.15) is 79.3 Å². The topological polar surface area (TPSA) is 81.5 Å². The number of carbonyl (C=O) groups is 1. The number of hydrogen-bond acceptors (Lipinski definition) is 7. The van der Waals surface area contributed by atoms with Crippen molar-refractivity contribution in [2.75, 3.05) is 32.8 Å². The van der Waals surface area contributed by atoms with Gasteiger partial charge >= 0.3 is 0 Å².